The number of benzene rings is 1. The number of nitrogens with one attached hydrogen (secondary N) is 2. The minimum atomic E-state index is -0.591. The molecule has 19 heavy (non-hydrogen) atoms. The van der Waals surface area contributed by atoms with Gasteiger partial charge in [0.15, 0.2) is 0 Å². The van der Waals surface area contributed by atoms with Crippen LogP contribution in [0.2, 0.25) is 5.02 Å². The topological polar surface area (TPSA) is 65.1 Å². The van der Waals surface area contributed by atoms with E-state index in [9.17, 15) is 9.90 Å². The minimum Gasteiger partial charge on any atom is -0.390 e. The van der Waals surface area contributed by atoms with Crippen molar-refractivity contribution in [1.29, 1.82) is 0 Å². The normalized spacial score (nSPS) is 21.2. The molecule has 1 amide bonds. The van der Waals surface area contributed by atoms with Gasteiger partial charge in [0.1, 0.15) is 5.69 Å². The highest BCUT2D eigenvalue weighted by molar-refractivity contribution is 6.30. The molecule has 0 bridgehead atoms. The van der Waals surface area contributed by atoms with Crippen molar-refractivity contribution < 1.29 is 9.90 Å². The van der Waals surface area contributed by atoms with Crippen LogP contribution in [0, 0.1) is 0 Å². The van der Waals surface area contributed by atoms with Gasteiger partial charge >= 0.3 is 0 Å². The summed E-state index contributed by atoms with van der Waals surface area (Å²) < 4.78 is 0. The van der Waals surface area contributed by atoms with E-state index in [0.29, 0.717) is 17.1 Å². The molecule has 5 heteroatoms. The standard InChI is InChI=1S/C14H13ClN2O2/c15-9-6-11(16-7-9)14(19)17-13-10-4-2-1-3-8(10)5-12(13)18/h1-4,6-7,12-13,16,18H,5H2,(H,17,19)/t12-,13+/m0/s1. The second-order valence-corrected chi connectivity index (χ2v) is 5.09. The summed E-state index contributed by atoms with van der Waals surface area (Å²) in [5, 5.41) is 13.4. The number of aromatic amines is 1. The van der Waals surface area contributed by atoms with Crippen LogP contribution < -0.4 is 5.32 Å². The molecule has 0 saturated carbocycles. The fourth-order valence-corrected chi connectivity index (χ4v) is 2.63. The first kappa shape index (κ1) is 12.3. The van der Waals surface area contributed by atoms with E-state index in [0.717, 1.165) is 11.1 Å². The average molecular weight is 277 g/mol. The highest BCUT2D eigenvalue weighted by atomic mass is 35.5. The Kier molecular flexibility index (Phi) is 3.05. The van der Waals surface area contributed by atoms with Crippen LogP contribution >= 0.6 is 11.6 Å². The number of carbonyl (C=O) groups is 1. The number of rotatable bonds is 2. The lowest BCUT2D eigenvalue weighted by Gasteiger charge is -2.17. The molecule has 0 unspecified atom stereocenters. The predicted molar refractivity (Wildman–Crippen MR) is 72.2 cm³/mol. The molecule has 0 aliphatic heterocycles. The Labute approximate surface area is 115 Å². The summed E-state index contributed by atoms with van der Waals surface area (Å²) in [6, 6.07) is 8.92. The molecule has 1 aliphatic carbocycles. The van der Waals surface area contributed by atoms with Gasteiger partial charge in [-0.15, -0.1) is 0 Å². The van der Waals surface area contributed by atoms with Crippen LogP contribution in [0.25, 0.3) is 0 Å². The Hall–Kier alpha value is -1.78. The number of amides is 1. The first-order valence-electron chi connectivity index (χ1n) is 6.06. The number of aliphatic hydroxyl groups excluding tert-OH is 1. The van der Waals surface area contributed by atoms with E-state index in [1.807, 2.05) is 24.3 Å². The van der Waals surface area contributed by atoms with Crippen molar-refractivity contribution in [3.05, 3.63) is 58.4 Å². The van der Waals surface area contributed by atoms with Crippen LogP contribution in [0.4, 0.5) is 0 Å². The molecule has 98 valence electrons. The number of carbonyl (C=O) groups excluding carboxylic acids is 1. The number of aliphatic hydroxyl groups is 1. The molecule has 0 radical (unpaired) electrons. The van der Waals surface area contributed by atoms with Gasteiger partial charge in [0.05, 0.1) is 17.2 Å². The SMILES string of the molecule is O=C(N[C@@H]1c2ccccc2C[C@@H]1O)c1cc(Cl)c[nH]1. The van der Waals surface area contributed by atoms with Gasteiger partial charge in [-0.3, -0.25) is 4.79 Å². The summed E-state index contributed by atoms with van der Waals surface area (Å²) in [5.41, 5.74) is 2.44. The molecule has 2 atom stereocenters. The van der Waals surface area contributed by atoms with E-state index in [4.69, 9.17) is 11.6 Å². The molecular weight excluding hydrogens is 264 g/mol. The van der Waals surface area contributed by atoms with Gasteiger partial charge in [-0.25, -0.2) is 0 Å². The molecule has 1 aromatic carbocycles. The molecule has 0 spiro atoms. The van der Waals surface area contributed by atoms with Crippen LogP contribution in [0.1, 0.15) is 27.7 Å². The van der Waals surface area contributed by atoms with E-state index in [-0.39, 0.29) is 11.9 Å². The number of H-pyrrole nitrogens is 1. The molecule has 3 rings (SSSR count). The number of hydrogen-bond donors (Lipinski definition) is 3. The van der Waals surface area contributed by atoms with Crippen molar-refractivity contribution in [3.63, 3.8) is 0 Å². The third kappa shape index (κ3) is 2.25. The van der Waals surface area contributed by atoms with E-state index < -0.39 is 6.10 Å². The molecule has 1 heterocycles. The maximum atomic E-state index is 12.1. The first-order valence-corrected chi connectivity index (χ1v) is 6.43. The molecule has 4 nitrogen and oxygen atoms in total. The zero-order valence-electron chi connectivity index (χ0n) is 10.1. The molecule has 2 aromatic rings. The highest BCUT2D eigenvalue weighted by Gasteiger charge is 2.32. The fraction of sp³-hybridized carbons (Fsp3) is 0.214. The summed E-state index contributed by atoms with van der Waals surface area (Å²) >= 11 is 5.77. The van der Waals surface area contributed by atoms with E-state index >= 15 is 0 Å². The number of fused-ring (bicyclic) bond motifs is 1. The molecular formula is C14H13ClN2O2. The predicted octanol–water partition coefficient (Wildman–Crippen LogP) is 2.06. The smallest absolute Gasteiger partial charge is 0.268 e. The summed E-state index contributed by atoms with van der Waals surface area (Å²) in [5.74, 6) is -0.271. The van der Waals surface area contributed by atoms with Gasteiger partial charge in [-0.1, -0.05) is 35.9 Å². The number of halogens is 1. The zero-order valence-corrected chi connectivity index (χ0v) is 10.8. The van der Waals surface area contributed by atoms with Crippen molar-refractivity contribution in [2.75, 3.05) is 0 Å². The Bertz CT molecular complexity index is 623. The van der Waals surface area contributed by atoms with Crippen molar-refractivity contribution in [1.82, 2.24) is 10.3 Å². The lowest BCUT2D eigenvalue weighted by Crippen LogP contribution is -2.34. The van der Waals surface area contributed by atoms with Crippen molar-refractivity contribution in [3.8, 4) is 0 Å². The Balaban J connectivity index is 1.82. The Morgan fingerprint density at radius 2 is 2.21 bits per heavy atom. The lowest BCUT2D eigenvalue weighted by molar-refractivity contribution is 0.0854. The molecule has 0 fully saturated rings. The molecule has 1 aliphatic rings. The first-order chi connectivity index (χ1) is 9.15. The maximum Gasteiger partial charge on any atom is 0.268 e. The van der Waals surface area contributed by atoms with Gasteiger partial charge in [-0.05, 0) is 17.2 Å². The van der Waals surface area contributed by atoms with Gasteiger partial charge in [0, 0.05) is 12.6 Å². The molecule has 3 N–H and O–H groups in total. The monoisotopic (exact) mass is 276 g/mol. The van der Waals surface area contributed by atoms with Crippen molar-refractivity contribution in [2.45, 2.75) is 18.6 Å². The van der Waals surface area contributed by atoms with Crippen LogP contribution in [0.15, 0.2) is 36.5 Å². The van der Waals surface area contributed by atoms with Crippen LogP contribution in [0.3, 0.4) is 0 Å². The Morgan fingerprint density at radius 1 is 1.42 bits per heavy atom. The van der Waals surface area contributed by atoms with Gasteiger partial charge < -0.3 is 15.4 Å². The largest absolute Gasteiger partial charge is 0.390 e. The zero-order chi connectivity index (χ0) is 13.4. The molecule has 0 saturated heterocycles. The van der Waals surface area contributed by atoms with E-state index in [2.05, 4.69) is 10.3 Å². The van der Waals surface area contributed by atoms with Crippen LogP contribution in [-0.4, -0.2) is 22.1 Å². The quantitative estimate of drug-likeness (QED) is 0.786. The lowest BCUT2D eigenvalue weighted by atomic mass is 10.1. The van der Waals surface area contributed by atoms with Gasteiger partial charge in [0.2, 0.25) is 0 Å². The Morgan fingerprint density at radius 3 is 2.95 bits per heavy atom. The number of aromatic nitrogens is 1. The summed E-state index contributed by atoms with van der Waals surface area (Å²) in [6.07, 6.45) is 1.52. The minimum absolute atomic E-state index is 0.271. The summed E-state index contributed by atoms with van der Waals surface area (Å²) in [4.78, 5) is 14.8. The van der Waals surface area contributed by atoms with Crippen molar-refractivity contribution >= 4 is 17.5 Å². The average Bonchev–Trinajstić information content (AvgIpc) is 2.95. The van der Waals surface area contributed by atoms with Crippen LogP contribution in [-0.2, 0) is 6.42 Å². The second-order valence-electron chi connectivity index (χ2n) is 4.65. The van der Waals surface area contributed by atoms with Gasteiger partial charge in [-0.2, -0.15) is 0 Å². The highest BCUT2D eigenvalue weighted by Crippen LogP contribution is 2.31. The van der Waals surface area contributed by atoms with Gasteiger partial charge in [0.25, 0.3) is 5.91 Å². The fourth-order valence-electron chi connectivity index (χ4n) is 2.47. The molecule has 1 aromatic heterocycles. The summed E-state index contributed by atoms with van der Waals surface area (Å²) in [6.45, 7) is 0. The maximum absolute atomic E-state index is 12.1. The summed E-state index contributed by atoms with van der Waals surface area (Å²) in [7, 11) is 0. The van der Waals surface area contributed by atoms with E-state index in [1.165, 1.54) is 0 Å². The van der Waals surface area contributed by atoms with Crippen molar-refractivity contribution in [2.24, 2.45) is 0 Å². The third-order valence-electron chi connectivity index (χ3n) is 3.38. The van der Waals surface area contributed by atoms with Crippen LogP contribution in [0.5, 0.6) is 0 Å². The number of hydrogen-bond acceptors (Lipinski definition) is 2. The van der Waals surface area contributed by atoms with E-state index in [1.54, 1.807) is 12.3 Å². The third-order valence-corrected chi connectivity index (χ3v) is 3.60. The second kappa shape index (κ2) is 4.72.